The van der Waals surface area contributed by atoms with Crippen molar-refractivity contribution in [3.63, 3.8) is 0 Å². The van der Waals surface area contributed by atoms with Crippen LogP contribution in [0.1, 0.15) is 54.7 Å². The van der Waals surface area contributed by atoms with Gasteiger partial charge in [-0.2, -0.15) is 0 Å². The normalized spacial score (nSPS) is 26.0. The number of hydrogen-bond donors (Lipinski definition) is 1. The minimum Gasteiger partial charge on any atom is -0.395 e. The van der Waals surface area contributed by atoms with Gasteiger partial charge in [-0.05, 0) is 50.3 Å². The van der Waals surface area contributed by atoms with Crippen molar-refractivity contribution in [1.29, 1.82) is 0 Å². The van der Waals surface area contributed by atoms with E-state index in [-0.39, 0.29) is 6.61 Å². The molecule has 1 saturated carbocycles. The Kier molecular flexibility index (Phi) is 5.35. The van der Waals surface area contributed by atoms with Crippen molar-refractivity contribution in [2.45, 2.75) is 57.5 Å². The fourth-order valence-corrected chi connectivity index (χ4v) is 4.77. The average molecular weight is 303 g/mol. The van der Waals surface area contributed by atoms with Crippen LogP contribution in [-0.2, 0) is 6.54 Å². The Bertz CT molecular complexity index is 511. The molecular weight excluding hydrogens is 278 g/mol. The van der Waals surface area contributed by atoms with Crippen molar-refractivity contribution < 1.29 is 5.11 Å². The molecule has 1 saturated heterocycles. The summed E-state index contributed by atoms with van der Waals surface area (Å²) in [5, 5.41) is 8.77. The minimum absolute atomic E-state index is 0.155. The summed E-state index contributed by atoms with van der Waals surface area (Å²) in [5.74, 6) is 7.11. The van der Waals surface area contributed by atoms with Gasteiger partial charge in [0, 0.05) is 23.9 Å². The summed E-state index contributed by atoms with van der Waals surface area (Å²) < 4.78 is 0. The number of aliphatic hydroxyl groups excluding tert-OH is 1. The lowest BCUT2D eigenvalue weighted by molar-refractivity contribution is 0.0555. The first-order chi connectivity index (χ1) is 10.4. The molecule has 114 valence electrons. The van der Waals surface area contributed by atoms with Gasteiger partial charge in [0.1, 0.15) is 0 Å². The molecule has 3 rings (SSSR count). The Morgan fingerprint density at radius 3 is 2.95 bits per heavy atom. The molecule has 2 nitrogen and oxygen atoms in total. The van der Waals surface area contributed by atoms with Crippen LogP contribution in [0.3, 0.4) is 0 Å². The number of aliphatic hydroxyl groups is 1. The summed E-state index contributed by atoms with van der Waals surface area (Å²) in [4.78, 5) is 5.30. The largest absolute Gasteiger partial charge is 0.395 e. The summed E-state index contributed by atoms with van der Waals surface area (Å²) >= 11 is 1.82. The third-order valence-electron chi connectivity index (χ3n) is 4.83. The van der Waals surface area contributed by atoms with E-state index >= 15 is 0 Å². The van der Waals surface area contributed by atoms with Crippen LogP contribution >= 0.6 is 11.3 Å². The van der Waals surface area contributed by atoms with E-state index in [9.17, 15) is 0 Å². The van der Waals surface area contributed by atoms with Gasteiger partial charge >= 0.3 is 0 Å². The van der Waals surface area contributed by atoms with Crippen LogP contribution in [-0.4, -0.2) is 29.2 Å². The highest BCUT2D eigenvalue weighted by molar-refractivity contribution is 7.12. The third-order valence-corrected chi connectivity index (χ3v) is 5.81. The smallest absolute Gasteiger partial charge is 0.0771 e. The van der Waals surface area contributed by atoms with Gasteiger partial charge in [-0.3, -0.25) is 4.90 Å². The van der Waals surface area contributed by atoms with Crippen LogP contribution in [0.5, 0.6) is 0 Å². The molecule has 1 N–H and O–H groups in total. The van der Waals surface area contributed by atoms with Crippen LogP contribution in [0.2, 0.25) is 0 Å². The van der Waals surface area contributed by atoms with Crippen LogP contribution in [0.25, 0.3) is 0 Å². The first kappa shape index (κ1) is 15.1. The molecule has 2 heterocycles. The second-order valence-electron chi connectivity index (χ2n) is 6.27. The van der Waals surface area contributed by atoms with E-state index in [1.165, 1.54) is 49.9 Å². The number of thiophene rings is 1. The zero-order valence-electron chi connectivity index (χ0n) is 12.7. The monoisotopic (exact) mass is 303 g/mol. The predicted octanol–water partition coefficient (Wildman–Crippen LogP) is 3.64. The molecule has 21 heavy (non-hydrogen) atoms. The van der Waals surface area contributed by atoms with Crippen molar-refractivity contribution >= 4 is 11.3 Å². The van der Waals surface area contributed by atoms with E-state index in [1.807, 2.05) is 11.3 Å². The van der Waals surface area contributed by atoms with E-state index in [0.29, 0.717) is 6.42 Å². The first-order valence-corrected chi connectivity index (χ1v) is 9.11. The Morgan fingerprint density at radius 2 is 2.05 bits per heavy atom. The number of fused-ring (bicyclic) bond motifs is 1. The van der Waals surface area contributed by atoms with E-state index in [1.54, 1.807) is 0 Å². The van der Waals surface area contributed by atoms with Gasteiger partial charge < -0.3 is 5.11 Å². The maximum absolute atomic E-state index is 8.77. The lowest BCUT2D eigenvalue weighted by Gasteiger charge is -2.44. The van der Waals surface area contributed by atoms with Gasteiger partial charge in [0.2, 0.25) is 0 Å². The van der Waals surface area contributed by atoms with E-state index < -0.39 is 0 Å². The van der Waals surface area contributed by atoms with Crippen molar-refractivity contribution in [3.8, 4) is 11.8 Å². The summed E-state index contributed by atoms with van der Waals surface area (Å²) in [6.45, 7) is 2.53. The number of piperidine rings is 1. The average Bonchev–Trinajstić information content (AvgIpc) is 2.96. The van der Waals surface area contributed by atoms with E-state index in [0.717, 1.165) is 23.4 Å². The van der Waals surface area contributed by atoms with Crippen LogP contribution in [0, 0.1) is 17.8 Å². The van der Waals surface area contributed by atoms with Crippen molar-refractivity contribution in [2.24, 2.45) is 5.92 Å². The van der Waals surface area contributed by atoms with Crippen molar-refractivity contribution in [2.75, 3.05) is 13.2 Å². The summed E-state index contributed by atoms with van der Waals surface area (Å²) in [6.07, 6.45) is 9.10. The molecule has 2 fully saturated rings. The Labute approximate surface area is 132 Å². The molecule has 2 atom stereocenters. The zero-order chi connectivity index (χ0) is 14.5. The summed E-state index contributed by atoms with van der Waals surface area (Å²) in [6, 6.07) is 5.20. The lowest BCUT2D eigenvalue weighted by Crippen LogP contribution is -2.46. The molecule has 1 aromatic rings. The fourth-order valence-electron chi connectivity index (χ4n) is 3.86. The van der Waals surface area contributed by atoms with Crippen molar-refractivity contribution in [1.82, 2.24) is 4.90 Å². The second kappa shape index (κ2) is 7.45. The quantitative estimate of drug-likeness (QED) is 0.862. The van der Waals surface area contributed by atoms with Crippen LogP contribution < -0.4 is 0 Å². The number of nitrogens with zero attached hydrogens (tertiary/aromatic N) is 1. The van der Waals surface area contributed by atoms with Crippen molar-refractivity contribution in [3.05, 3.63) is 21.9 Å². The molecule has 1 aromatic heterocycles. The van der Waals surface area contributed by atoms with Gasteiger partial charge in [-0.15, -0.1) is 11.3 Å². The molecule has 2 unspecified atom stereocenters. The molecule has 0 spiro atoms. The number of hydrogen-bond acceptors (Lipinski definition) is 3. The Hall–Kier alpha value is -0.820. The van der Waals surface area contributed by atoms with Crippen LogP contribution in [0.15, 0.2) is 12.1 Å². The highest BCUT2D eigenvalue weighted by Crippen LogP contribution is 2.36. The molecule has 3 heteroatoms. The van der Waals surface area contributed by atoms with Gasteiger partial charge in [0.15, 0.2) is 0 Å². The molecule has 1 aliphatic carbocycles. The standard InChI is InChI=1S/C18H25NOS/c20-13-4-3-8-16-10-11-17(21-16)14-19-12-5-7-15-6-1-2-9-18(15)19/h10-11,15,18,20H,1-2,4-7,9,12-14H2. The van der Waals surface area contributed by atoms with Crippen LogP contribution in [0.4, 0.5) is 0 Å². The summed E-state index contributed by atoms with van der Waals surface area (Å²) in [5.41, 5.74) is 0. The molecule has 0 aromatic carbocycles. The highest BCUT2D eigenvalue weighted by Gasteiger charge is 2.33. The third kappa shape index (κ3) is 3.88. The van der Waals surface area contributed by atoms with E-state index in [2.05, 4.69) is 28.9 Å². The topological polar surface area (TPSA) is 23.5 Å². The zero-order valence-corrected chi connectivity index (χ0v) is 13.5. The SMILES string of the molecule is OCCC#Cc1ccc(CN2CCCC3CCCCC32)s1. The Morgan fingerprint density at radius 1 is 1.19 bits per heavy atom. The van der Waals surface area contributed by atoms with Gasteiger partial charge in [0.25, 0.3) is 0 Å². The van der Waals surface area contributed by atoms with Gasteiger partial charge in [-0.1, -0.05) is 24.7 Å². The lowest BCUT2D eigenvalue weighted by atomic mass is 9.78. The minimum atomic E-state index is 0.155. The summed E-state index contributed by atoms with van der Waals surface area (Å²) in [7, 11) is 0. The number of likely N-dealkylation sites (tertiary alicyclic amines) is 1. The van der Waals surface area contributed by atoms with E-state index in [4.69, 9.17) is 5.11 Å². The molecular formula is C18H25NOS. The highest BCUT2D eigenvalue weighted by atomic mass is 32.1. The first-order valence-electron chi connectivity index (χ1n) is 8.29. The van der Waals surface area contributed by atoms with Gasteiger partial charge in [-0.25, -0.2) is 0 Å². The molecule has 0 bridgehead atoms. The molecule has 1 aliphatic heterocycles. The second-order valence-corrected chi connectivity index (χ2v) is 7.43. The van der Waals surface area contributed by atoms with Gasteiger partial charge in [0.05, 0.1) is 11.5 Å². The Balaban J connectivity index is 1.62. The maximum Gasteiger partial charge on any atom is 0.0771 e. The predicted molar refractivity (Wildman–Crippen MR) is 88.3 cm³/mol. The maximum atomic E-state index is 8.77. The fraction of sp³-hybridized carbons (Fsp3) is 0.667. The number of rotatable bonds is 3. The molecule has 0 radical (unpaired) electrons. The molecule has 0 amide bonds. The molecule has 2 aliphatic rings.